The monoisotopic (exact) mass is 393 g/mol. The van der Waals surface area contributed by atoms with E-state index in [9.17, 15) is 4.79 Å². The molecule has 29 heavy (non-hydrogen) atoms. The molecule has 0 bridgehead atoms. The van der Waals surface area contributed by atoms with Crippen molar-refractivity contribution >= 4 is 11.7 Å². The van der Waals surface area contributed by atoms with Crippen LogP contribution >= 0.6 is 0 Å². The summed E-state index contributed by atoms with van der Waals surface area (Å²) < 4.78 is 10.4. The van der Waals surface area contributed by atoms with Crippen molar-refractivity contribution < 1.29 is 14.1 Å². The van der Waals surface area contributed by atoms with Gasteiger partial charge in [0.2, 0.25) is 11.7 Å². The van der Waals surface area contributed by atoms with Gasteiger partial charge < -0.3 is 19.1 Å². The van der Waals surface area contributed by atoms with Gasteiger partial charge in [-0.3, -0.25) is 4.79 Å². The molecular weight excluding hydrogens is 370 g/mol. The van der Waals surface area contributed by atoms with Crippen LogP contribution in [0.3, 0.4) is 0 Å². The highest BCUT2D eigenvalue weighted by molar-refractivity contribution is 5.94. The fraction of sp³-hybridized carbons (Fsp3) is 0.333. The predicted molar refractivity (Wildman–Crippen MR) is 108 cm³/mol. The Morgan fingerprint density at radius 1 is 1.10 bits per heavy atom. The lowest BCUT2D eigenvalue weighted by molar-refractivity contribution is 0.0746. The highest BCUT2D eigenvalue weighted by Gasteiger charge is 2.23. The van der Waals surface area contributed by atoms with Crippen molar-refractivity contribution in [3.05, 3.63) is 54.0 Å². The van der Waals surface area contributed by atoms with Gasteiger partial charge in [0.05, 0.1) is 6.61 Å². The number of ether oxygens (including phenoxy) is 1. The molecule has 150 valence electrons. The lowest BCUT2D eigenvalue weighted by Crippen LogP contribution is -2.49. The number of hydrogen-bond acceptors (Lipinski definition) is 7. The number of pyridine rings is 1. The van der Waals surface area contributed by atoms with E-state index in [0.717, 1.165) is 30.2 Å². The molecule has 1 amide bonds. The molecule has 1 aliphatic heterocycles. The first-order valence-corrected chi connectivity index (χ1v) is 9.68. The summed E-state index contributed by atoms with van der Waals surface area (Å²) >= 11 is 0. The summed E-state index contributed by atoms with van der Waals surface area (Å²) in [6.07, 6.45) is 1.75. The lowest BCUT2D eigenvalue weighted by Gasteiger charge is -2.35. The van der Waals surface area contributed by atoms with Crippen LogP contribution < -0.4 is 9.64 Å². The van der Waals surface area contributed by atoms with Crippen LogP contribution in [0.2, 0.25) is 0 Å². The molecule has 1 aliphatic rings. The van der Waals surface area contributed by atoms with Gasteiger partial charge in [-0.2, -0.15) is 4.98 Å². The molecule has 0 radical (unpaired) electrons. The molecule has 0 atom stereocenters. The van der Waals surface area contributed by atoms with E-state index in [1.54, 1.807) is 13.1 Å². The summed E-state index contributed by atoms with van der Waals surface area (Å²) in [5.41, 5.74) is 1.50. The van der Waals surface area contributed by atoms with Crippen molar-refractivity contribution in [2.45, 2.75) is 13.8 Å². The third-order valence-electron chi connectivity index (χ3n) is 4.84. The highest BCUT2D eigenvalue weighted by Crippen LogP contribution is 2.20. The van der Waals surface area contributed by atoms with Crippen LogP contribution in [-0.4, -0.2) is 58.7 Å². The Kier molecular flexibility index (Phi) is 5.41. The summed E-state index contributed by atoms with van der Waals surface area (Å²) in [6.45, 7) is 7.07. The average molecular weight is 393 g/mol. The number of piperazine rings is 1. The molecule has 3 aromatic rings. The van der Waals surface area contributed by atoms with Gasteiger partial charge in [0.1, 0.15) is 11.6 Å². The molecule has 0 aliphatic carbocycles. The SMILES string of the molecule is CCOc1ccc(C(=O)N2CCN(c3ccc(-c4noc(C)n4)cn3)CC2)cc1. The fourth-order valence-electron chi connectivity index (χ4n) is 3.30. The van der Waals surface area contributed by atoms with Gasteiger partial charge in [0, 0.05) is 50.4 Å². The molecule has 2 aromatic heterocycles. The smallest absolute Gasteiger partial charge is 0.253 e. The number of benzene rings is 1. The van der Waals surface area contributed by atoms with Gasteiger partial charge in [0.25, 0.3) is 5.91 Å². The number of carbonyl (C=O) groups is 1. The van der Waals surface area contributed by atoms with Gasteiger partial charge in [-0.1, -0.05) is 5.16 Å². The van der Waals surface area contributed by atoms with Crippen LogP contribution in [0.5, 0.6) is 5.75 Å². The molecule has 8 nitrogen and oxygen atoms in total. The second-order valence-corrected chi connectivity index (χ2v) is 6.78. The highest BCUT2D eigenvalue weighted by atomic mass is 16.5. The molecule has 1 saturated heterocycles. The Hall–Kier alpha value is -3.42. The van der Waals surface area contributed by atoms with Crippen molar-refractivity contribution in [2.24, 2.45) is 0 Å². The Labute approximate surface area is 169 Å². The normalized spacial score (nSPS) is 14.1. The van der Waals surface area contributed by atoms with Crippen molar-refractivity contribution in [1.29, 1.82) is 0 Å². The second kappa shape index (κ2) is 8.30. The van der Waals surface area contributed by atoms with Gasteiger partial charge in [-0.25, -0.2) is 4.98 Å². The number of nitrogens with zero attached hydrogens (tertiary/aromatic N) is 5. The molecular formula is C21H23N5O3. The van der Waals surface area contributed by atoms with Gasteiger partial charge in [-0.15, -0.1) is 0 Å². The molecule has 1 fully saturated rings. The van der Waals surface area contributed by atoms with E-state index in [4.69, 9.17) is 9.26 Å². The Bertz CT molecular complexity index is 961. The Morgan fingerprint density at radius 2 is 1.86 bits per heavy atom. The van der Waals surface area contributed by atoms with Crippen molar-refractivity contribution in [3.63, 3.8) is 0 Å². The lowest BCUT2D eigenvalue weighted by atomic mass is 10.1. The second-order valence-electron chi connectivity index (χ2n) is 6.78. The summed E-state index contributed by atoms with van der Waals surface area (Å²) in [5, 5.41) is 3.91. The molecule has 0 saturated carbocycles. The molecule has 1 aromatic carbocycles. The van der Waals surface area contributed by atoms with Crippen LogP contribution in [0.25, 0.3) is 11.4 Å². The maximum absolute atomic E-state index is 12.7. The number of hydrogen-bond donors (Lipinski definition) is 0. The number of aryl methyl sites for hydroxylation is 1. The maximum atomic E-state index is 12.7. The first kappa shape index (κ1) is 18.9. The van der Waals surface area contributed by atoms with Crippen LogP contribution in [0, 0.1) is 6.92 Å². The predicted octanol–water partition coefficient (Wildman–Crippen LogP) is 2.80. The van der Waals surface area contributed by atoms with Crippen LogP contribution in [0.4, 0.5) is 5.82 Å². The molecule has 4 rings (SSSR count). The maximum Gasteiger partial charge on any atom is 0.253 e. The molecule has 8 heteroatoms. The van der Waals surface area contributed by atoms with E-state index in [2.05, 4.69) is 20.0 Å². The largest absolute Gasteiger partial charge is 0.494 e. The fourth-order valence-corrected chi connectivity index (χ4v) is 3.30. The Balaban J connectivity index is 1.35. The number of aromatic nitrogens is 3. The first-order chi connectivity index (χ1) is 14.1. The summed E-state index contributed by atoms with van der Waals surface area (Å²) in [6, 6.07) is 11.2. The summed E-state index contributed by atoms with van der Waals surface area (Å²) in [7, 11) is 0. The van der Waals surface area contributed by atoms with Crippen LogP contribution in [-0.2, 0) is 0 Å². The van der Waals surface area contributed by atoms with E-state index in [-0.39, 0.29) is 5.91 Å². The topological polar surface area (TPSA) is 84.6 Å². The van der Waals surface area contributed by atoms with E-state index < -0.39 is 0 Å². The quantitative estimate of drug-likeness (QED) is 0.659. The molecule has 0 unspecified atom stereocenters. The van der Waals surface area contributed by atoms with E-state index in [1.807, 2.05) is 48.2 Å². The average Bonchev–Trinajstić information content (AvgIpc) is 3.21. The van der Waals surface area contributed by atoms with E-state index in [0.29, 0.717) is 37.0 Å². The van der Waals surface area contributed by atoms with Crippen molar-refractivity contribution in [3.8, 4) is 17.1 Å². The van der Waals surface area contributed by atoms with Crippen LogP contribution in [0.15, 0.2) is 47.1 Å². The summed E-state index contributed by atoms with van der Waals surface area (Å²) in [4.78, 5) is 25.5. The number of amides is 1. The van der Waals surface area contributed by atoms with Crippen molar-refractivity contribution in [2.75, 3.05) is 37.7 Å². The minimum absolute atomic E-state index is 0.0449. The van der Waals surface area contributed by atoms with Gasteiger partial charge in [-0.05, 0) is 43.3 Å². The molecule has 3 heterocycles. The number of carbonyl (C=O) groups excluding carboxylic acids is 1. The zero-order valence-electron chi connectivity index (χ0n) is 16.5. The minimum atomic E-state index is 0.0449. The first-order valence-electron chi connectivity index (χ1n) is 9.68. The Morgan fingerprint density at radius 3 is 2.45 bits per heavy atom. The molecule has 0 N–H and O–H groups in total. The van der Waals surface area contributed by atoms with Gasteiger partial charge >= 0.3 is 0 Å². The summed E-state index contributed by atoms with van der Waals surface area (Å²) in [5.74, 6) is 2.76. The van der Waals surface area contributed by atoms with Crippen LogP contribution in [0.1, 0.15) is 23.2 Å². The third kappa shape index (κ3) is 4.21. The van der Waals surface area contributed by atoms with E-state index in [1.165, 1.54) is 0 Å². The standard InChI is InChI=1S/C21H23N5O3/c1-3-28-18-7-4-16(5-8-18)21(27)26-12-10-25(11-13-26)19-9-6-17(14-22-19)20-23-15(2)29-24-20/h4-9,14H,3,10-13H2,1-2H3. The van der Waals surface area contributed by atoms with Gasteiger partial charge in [0.15, 0.2) is 0 Å². The number of anilines is 1. The zero-order valence-corrected chi connectivity index (χ0v) is 16.5. The van der Waals surface area contributed by atoms with Crippen molar-refractivity contribution in [1.82, 2.24) is 20.0 Å². The number of rotatable bonds is 5. The molecule has 0 spiro atoms. The minimum Gasteiger partial charge on any atom is -0.494 e. The zero-order chi connectivity index (χ0) is 20.2. The van der Waals surface area contributed by atoms with E-state index >= 15 is 0 Å². The third-order valence-corrected chi connectivity index (χ3v) is 4.84.